The number of aryl methyl sites for hydroxylation is 1. The minimum atomic E-state index is 0.215. The Bertz CT molecular complexity index is 223. The molecule has 1 rings (SSSR count). The molecule has 3 heteroatoms. The van der Waals surface area contributed by atoms with Crippen molar-refractivity contribution in [3.05, 3.63) is 29.6 Å². The van der Waals surface area contributed by atoms with Gasteiger partial charge in [-0.25, -0.2) is 0 Å². The monoisotopic (exact) mass is 263 g/mol. The van der Waals surface area contributed by atoms with E-state index in [1.807, 2.05) is 19.3 Å². The summed E-state index contributed by atoms with van der Waals surface area (Å²) in [6, 6.07) is 2.08. The zero-order valence-corrected chi connectivity index (χ0v) is 8.68. The zero-order valence-electron chi connectivity index (χ0n) is 5.51. The average molecular weight is 265 g/mol. The van der Waals surface area contributed by atoms with Crippen LogP contribution >= 0.6 is 31.9 Å². The molecule has 0 fully saturated rings. The highest BCUT2D eigenvalue weighted by Crippen LogP contribution is 2.28. The van der Waals surface area contributed by atoms with E-state index in [1.165, 1.54) is 5.56 Å². The van der Waals surface area contributed by atoms with Gasteiger partial charge in [-0.3, -0.25) is 4.98 Å². The molecule has 1 aromatic heterocycles. The average Bonchev–Trinajstić information content (AvgIpc) is 1.88. The molecule has 0 radical (unpaired) electrons. The summed E-state index contributed by atoms with van der Waals surface area (Å²) in [5.41, 5.74) is 2.33. The molecule has 0 aromatic carbocycles. The van der Waals surface area contributed by atoms with Gasteiger partial charge in [0.1, 0.15) is 0 Å². The van der Waals surface area contributed by atoms with Crippen LogP contribution in [0.3, 0.4) is 0 Å². The highest BCUT2D eigenvalue weighted by molar-refractivity contribution is 9.24. The molecular weight excluding hydrogens is 258 g/mol. The van der Waals surface area contributed by atoms with Gasteiger partial charge in [0.2, 0.25) is 0 Å². The van der Waals surface area contributed by atoms with Gasteiger partial charge in [-0.05, 0) is 18.1 Å². The lowest BCUT2D eigenvalue weighted by Crippen LogP contribution is -1.83. The third-order valence-corrected chi connectivity index (χ3v) is 2.21. The number of pyridine rings is 1. The van der Waals surface area contributed by atoms with E-state index in [9.17, 15) is 0 Å². The van der Waals surface area contributed by atoms with Gasteiger partial charge in [0.15, 0.2) is 0 Å². The quantitative estimate of drug-likeness (QED) is 0.710. The minimum Gasteiger partial charge on any atom is -0.264 e. The normalized spacial score (nSPS) is 10.4. The van der Waals surface area contributed by atoms with Crippen LogP contribution in [0.2, 0.25) is 0 Å². The molecule has 0 bridgehead atoms. The van der Waals surface area contributed by atoms with Crippen molar-refractivity contribution < 1.29 is 0 Å². The van der Waals surface area contributed by atoms with Crippen molar-refractivity contribution in [3.8, 4) is 0 Å². The Kier molecular flexibility index (Phi) is 2.86. The van der Waals surface area contributed by atoms with Crippen LogP contribution in [0.15, 0.2) is 18.5 Å². The van der Waals surface area contributed by atoms with Crippen molar-refractivity contribution in [2.75, 3.05) is 0 Å². The standard InChI is InChI=1S/C7H7Br2N/c1-5-2-6(7(8)9)4-10-3-5/h2-4,7H,1H3. The summed E-state index contributed by atoms with van der Waals surface area (Å²) in [7, 11) is 0. The molecule has 0 N–H and O–H groups in total. The molecular formula is C7H7Br2N. The van der Waals surface area contributed by atoms with Crippen LogP contribution in [0.1, 0.15) is 14.9 Å². The molecule has 0 aliphatic carbocycles. The van der Waals surface area contributed by atoms with E-state index in [1.54, 1.807) is 0 Å². The Morgan fingerprint density at radius 2 is 2.10 bits per heavy atom. The number of rotatable bonds is 1. The van der Waals surface area contributed by atoms with Crippen LogP contribution in [-0.2, 0) is 0 Å². The molecule has 0 amide bonds. The lowest BCUT2D eigenvalue weighted by molar-refractivity contribution is 1.21. The van der Waals surface area contributed by atoms with Gasteiger partial charge in [-0.1, -0.05) is 37.9 Å². The van der Waals surface area contributed by atoms with Crippen LogP contribution in [0.25, 0.3) is 0 Å². The Morgan fingerprint density at radius 1 is 1.40 bits per heavy atom. The predicted octanol–water partition coefficient (Wildman–Crippen LogP) is 3.18. The second kappa shape index (κ2) is 3.49. The topological polar surface area (TPSA) is 12.9 Å². The van der Waals surface area contributed by atoms with Gasteiger partial charge in [0, 0.05) is 12.4 Å². The molecule has 1 heterocycles. The summed E-state index contributed by atoms with van der Waals surface area (Å²) < 4.78 is 0.215. The summed E-state index contributed by atoms with van der Waals surface area (Å²) >= 11 is 6.79. The smallest absolute Gasteiger partial charge is 0.0961 e. The number of aromatic nitrogens is 1. The van der Waals surface area contributed by atoms with Crippen LogP contribution in [-0.4, -0.2) is 4.98 Å². The number of halogens is 2. The molecule has 0 spiro atoms. The van der Waals surface area contributed by atoms with E-state index in [0.717, 1.165) is 5.56 Å². The number of hydrogen-bond donors (Lipinski definition) is 0. The lowest BCUT2D eigenvalue weighted by Gasteiger charge is -2.00. The van der Waals surface area contributed by atoms with Crippen molar-refractivity contribution in [2.24, 2.45) is 0 Å². The third-order valence-electron chi connectivity index (χ3n) is 1.15. The van der Waals surface area contributed by atoms with Crippen molar-refractivity contribution in [1.82, 2.24) is 4.98 Å². The molecule has 0 unspecified atom stereocenters. The van der Waals surface area contributed by atoms with E-state index in [4.69, 9.17) is 0 Å². The van der Waals surface area contributed by atoms with Gasteiger partial charge < -0.3 is 0 Å². The highest BCUT2D eigenvalue weighted by Gasteiger charge is 2.00. The third kappa shape index (κ3) is 2.06. The molecule has 1 aromatic rings. The van der Waals surface area contributed by atoms with Crippen molar-refractivity contribution in [1.29, 1.82) is 0 Å². The molecule has 0 aliphatic rings. The Morgan fingerprint density at radius 3 is 2.50 bits per heavy atom. The van der Waals surface area contributed by atoms with E-state index in [-0.39, 0.29) is 3.74 Å². The van der Waals surface area contributed by atoms with Gasteiger partial charge in [-0.2, -0.15) is 0 Å². The highest BCUT2D eigenvalue weighted by atomic mass is 79.9. The molecule has 0 aliphatic heterocycles. The molecule has 10 heavy (non-hydrogen) atoms. The fraction of sp³-hybridized carbons (Fsp3) is 0.286. The SMILES string of the molecule is Cc1cncc(C(Br)Br)c1. The van der Waals surface area contributed by atoms with Crippen LogP contribution in [0.5, 0.6) is 0 Å². The Labute approximate surface area is 77.1 Å². The maximum atomic E-state index is 4.05. The molecule has 0 saturated carbocycles. The Balaban J connectivity index is 2.96. The first-order valence-corrected chi connectivity index (χ1v) is 4.73. The fourth-order valence-corrected chi connectivity index (χ4v) is 1.20. The molecule has 0 atom stereocenters. The summed E-state index contributed by atoms with van der Waals surface area (Å²) in [6.07, 6.45) is 3.67. The maximum Gasteiger partial charge on any atom is 0.0961 e. The number of alkyl halides is 2. The van der Waals surface area contributed by atoms with Crippen LogP contribution in [0.4, 0.5) is 0 Å². The van der Waals surface area contributed by atoms with Crippen molar-refractivity contribution in [3.63, 3.8) is 0 Å². The first-order chi connectivity index (χ1) is 4.70. The van der Waals surface area contributed by atoms with E-state index in [0.29, 0.717) is 0 Å². The summed E-state index contributed by atoms with van der Waals surface area (Å²) in [5, 5.41) is 0. The molecule has 54 valence electrons. The van der Waals surface area contributed by atoms with E-state index >= 15 is 0 Å². The second-order valence-corrected chi connectivity index (χ2v) is 5.16. The Hall–Kier alpha value is 0.110. The maximum absolute atomic E-state index is 4.05. The summed E-state index contributed by atoms with van der Waals surface area (Å²) in [4.78, 5) is 4.05. The molecule has 1 nitrogen and oxygen atoms in total. The van der Waals surface area contributed by atoms with Crippen molar-refractivity contribution >= 4 is 31.9 Å². The van der Waals surface area contributed by atoms with Gasteiger partial charge in [0.05, 0.1) is 3.74 Å². The predicted molar refractivity (Wildman–Crippen MR) is 49.6 cm³/mol. The van der Waals surface area contributed by atoms with E-state index in [2.05, 4.69) is 42.9 Å². The summed E-state index contributed by atoms with van der Waals surface area (Å²) in [5.74, 6) is 0. The lowest BCUT2D eigenvalue weighted by atomic mass is 10.2. The van der Waals surface area contributed by atoms with Crippen LogP contribution < -0.4 is 0 Å². The minimum absolute atomic E-state index is 0.215. The number of nitrogens with zero attached hydrogens (tertiary/aromatic N) is 1. The first-order valence-electron chi connectivity index (χ1n) is 2.90. The summed E-state index contributed by atoms with van der Waals surface area (Å²) in [6.45, 7) is 2.03. The zero-order chi connectivity index (χ0) is 7.56. The van der Waals surface area contributed by atoms with Crippen LogP contribution in [0, 0.1) is 6.92 Å². The van der Waals surface area contributed by atoms with Gasteiger partial charge in [0.25, 0.3) is 0 Å². The largest absolute Gasteiger partial charge is 0.264 e. The van der Waals surface area contributed by atoms with E-state index < -0.39 is 0 Å². The van der Waals surface area contributed by atoms with Gasteiger partial charge >= 0.3 is 0 Å². The second-order valence-electron chi connectivity index (χ2n) is 2.10. The van der Waals surface area contributed by atoms with Gasteiger partial charge in [-0.15, -0.1) is 0 Å². The fourth-order valence-electron chi connectivity index (χ4n) is 0.698. The molecule has 0 saturated heterocycles. The first kappa shape index (κ1) is 8.21. The van der Waals surface area contributed by atoms with Crippen molar-refractivity contribution in [2.45, 2.75) is 10.7 Å². The number of hydrogen-bond acceptors (Lipinski definition) is 1.